The van der Waals surface area contributed by atoms with Gasteiger partial charge in [-0.05, 0) is 50.7 Å². The minimum atomic E-state index is -0.826. The van der Waals surface area contributed by atoms with Crippen molar-refractivity contribution in [2.75, 3.05) is 18.1 Å². The fourth-order valence-corrected chi connectivity index (χ4v) is 4.89. The molecule has 0 saturated carbocycles. The average molecular weight is 410 g/mol. The first-order valence-electron chi connectivity index (χ1n) is 11.3. The van der Waals surface area contributed by atoms with Crippen molar-refractivity contribution in [2.45, 2.75) is 58.4 Å². The monoisotopic (exact) mass is 409 g/mol. The van der Waals surface area contributed by atoms with Crippen molar-refractivity contribution in [3.05, 3.63) is 36.4 Å². The fourth-order valence-electron chi connectivity index (χ4n) is 4.89. The number of amides is 1. The zero-order valence-corrected chi connectivity index (χ0v) is 17.9. The summed E-state index contributed by atoms with van der Waals surface area (Å²) >= 11 is 0. The predicted octanol–water partition coefficient (Wildman–Crippen LogP) is 4.65. The molecule has 1 aliphatic carbocycles. The average Bonchev–Trinajstić information content (AvgIpc) is 3.14. The van der Waals surface area contributed by atoms with Crippen LogP contribution in [0, 0.1) is 11.8 Å². The number of para-hydroxylation sites is 2. The maximum absolute atomic E-state index is 13.7. The Morgan fingerprint density at radius 2 is 2.03 bits per heavy atom. The number of unbranched alkanes of at least 4 members (excludes halogenated alkanes) is 2. The van der Waals surface area contributed by atoms with Crippen molar-refractivity contribution in [2.24, 2.45) is 11.8 Å². The lowest BCUT2D eigenvalue weighted by Crippen LogP contribution is -2.52. The highest BCUT2D eigenvalue weighted by Crippen LogP contribution is 2.44. The third kappa shape index (κ3) is 3.64. The SMILES string of the molecule is CCCCCN1C(=O)[C@H](C(=O)OCC)[C@@H]([C@@H]2CC=CCC2)n2c1nc1ccccc12. The molecule has 1 aliphatic heterocycles. The number of benzene rings is 1. The van der Waals surface area contributed by atoms with Crippen LogP contribution < -0.4 is 4.90 Å². The van der Waals surface area contributed by atoms with Crippen LogP contribution in [0.25, 0.3) is 11.0 Å². The zero-order valence-electron chi connectivity index (χ0n) is 17.9. The van der Waals surface area contributed by atoms with Crippen molar-refractivity contribution < 1.29 is 14.3 Å². The summed E-state index contributed by atoms with van der Waals surface area (Å²) in [4.78, 5) is 33.3. The van der Waals surface area contributed by atoms with Gasteiger partial charge in [-0.15, -0.1) is 0 Å². The highest BCUT2D eigenvalue weighted by molar-refractivity contribution is 6.08. The van der Waals surface area contributed by atoms with Gasteiger partial charge in [0, 0.05) is 6.54 Å². The number of ether oxygens (including phenoxy) is 1. The number of aromatic nitrogens is 2. The number of anilines is 1. The number of carbonyl (C=O) groups is 2. The van der Waals surface area contributed by atoms with Crippen LogP contribution in [0.2, 0.25) is 0 Å². The van der Waals surface area contributed by atoms with Gasteiger partial charge in [0.15, 0.2) is 5.92 Å². The molecular formula is C24H31N3O3. The molecule has 3 atom stereocenters. The molecule has 0 radical (unpaired) electrons. The molecule has 1 aromatic heterocycles. The lowest BCUT2D eigenvalue weighted by atomic mass is 9.79. The minimum absolute atomic E-state index is 0.160. The molecule has 2 aliphatic rings. The normalized spacial score (nSPS) is 23.6. The van der Waals surface area contributed by atoms with E-state index in [2.05, 4.69) is 23.6 Å². The van der Waals surface area contributed by atoms with E-state index in [1.165, 1.54) is 0 Å². The number of esters is 1. The summed E-state index contributed by atoms with van der Waals surface area (Å²) in [7, 11) is 0. The fraction of sp³-hybridized carbons (Fsp3) is 0.542. The van der Waals surface area contributed by atoms with Gasteiger partial charge in [-0.25, -0.2) is 4.98 Å². The van der Waals surface area contributed by atoms with E-state index in [0.717, 1.165) is 49.6 Å². The Bertz CT molecular complexity index is 948. The topological polar surface area (TPSA) is 64.4 Å². The molecule has 0 unspecified atom stereocenters. The molecule has 0 bridgehead atoms. The maximum Gasteiger partial charge on any atom is 0.320 e. The molecule has 30 heavy (non-hydrogen) atoms. The van der Waals surface area contributed by atoms with Gasteiger partial charge in [0.05, 0.1) is 23.7 Å². The van der Waals surface area contributed by atoms with Gasteiger partial charge < -0.3 is 9.30 Å². The van der Waals surface area contributed by atoms with Crippen LogP contribution in [0.15, 0.2) is 36.4 Å². The van der Waals surface area contributed by atoms with Gasteiger partial charge in [0.25, 0.3) is 0 Å². The number of imidazole rings is 1. The van der Waals surface area contributed by atoms with Crippen LogP contribution in [0.3, 0.4) is 0 Å². The first-order valence-corrected chi connectivity index (χ1v) is 11.3. The van der Waals surface area contributed by atoms with Gasteiger partial charge in [-0.1, -0.05) is 44.1 Å². The molecule has 2 aromatic rings. The number of allylic oxidation sites excluding steroid dienone is 2. The second-order valence-electron chi connectivity index (χ2n) is 8.23. The maximum atomic E-state index is 13.7. The quantitative estimate of drug-likeness (QED) is 0.289. The van der Waals surface area contributed by atoms with Crippen molar-refractivity contribution in [1.29, 1.82) is 0 Å². The van der Waals surface area contributed by atoms with E-state index in [-0.39, 0.29) is 24.5 Å². The standard InChI is InChI=1S/C24H31N3O3/c1-3-5-11-16-26-22(28)20(23(29)30-4-2)21(17-12-7-6-8-13-17)27-19-15-10-9-14-18(19)25-24(26)27/h6-7,9-10,14-15,17,20-21H,3-5,8,11-13,16H2,1-2H3/t17-,20-,21-/m1/s1. The van der Waals surface area contributed by atoms with Crippen molar-refractivity contribution >= 4 is 28.9 Å². The van der Waals surface area contributed by atoms with E-state index in [1.54, 1.807) is 11.8 Å². The molecule has 1 amide bonds. The molecule has 6 heteroatoms. The lowest BCUT2D eigenvalue weighted by Gasteiger charge is -2.41. The predicted molar refractivity (Wildman–Crippen MR) is 117 cm³/mol. The van der Waals surface area contributed by atoms with Crippen molar-refractivity contribution in [3.63, 3.8) is 0 Å². The van der Waals surface area contributed by atoms with Gasteiger partial charge in [0.2, 0.25) is 11.9 Å². The summed E-state index contributed by atoms with van der Waals surface area (Å²) in [5.41, 5.74) is 1.84. The number of hydrogen-bond acceptors (Lipinski definition) is 4. The summed E-state index contributed by atoms with van der Waals surface area (Å²) in [6.07, 6.45) is 10.1. The van der Waals surface area contributed by atoms with E-state index in [9.17, 15) is 9.59 Å². The molecular weight excluding hydrogens is 378 g/mol. The van der Waals surface area contributed by atoms with Gasteiger partial charge >= 0.3 is 5.97 Å². The molecule has 4 rings (SSSR count). The van der Waals surface area contributed by atoms with Crippen LogP contribution in [0.4, 0.5) is 5.95 Å². The highest BCUT2D eigenvalue weighted by atomic mass is 16.5. The largest absolute Gasteiger partial charge is 0.465 e. The lowest BCUT2D eigenvalue weighted by molar-refractivity contribution is -0.155. The molecule has 6 nitrogen and oxygen atoms in total. The summed E-state index contributed by atoms with van der Waals surface area (Å²) in [5.74, 6) is -0.522. The van der Waals surface area contributed by atoms with Crippen molar-refractivity contribution in [1.82, 2.24) is 9.55 Å². The second kappa shape index (κ2) is 9.02. The summed E-state index contributed by atoms with van der Waals surface area (Å²) in [5, 5.41) is 0. The number of hydrogen-bond donors (Lipinski definition) is 0. The molecule has 160 valence electrons. The zero-order chi connectivity index (χ0) is 21.1. The van der Waals surface area contributed by atoms with Crippen LogP contribution in [-0.4, -0.2) is 34.6 Å². The summed E-state index contributed by atoms with van der Waals surface area (Å²) in [6.45, 7) is 4.78. The molecule has 0 saturated heterocycles. The van der Waals surface area contributed by atoms with E-state index < -0.39 is 11.9 Å². The van der Waals surface area contributed by atoms with Gasteiger partial charge in [-0.2, -0.15) is 0 Å². The molecule has 0 N–H and O–H groups in total. The number of nitrogens with zero attached hydrogens (tertiary/aromatic N) is 3. The van der Waals surface area contributed by atoms with E-state index in [1.807, 2.05) is 24.3 Å². The third-order valence-electron chi connectivity index (χ3n) is 6.31. The third-order valence-corrected chi connectivity index (χ3v) is 6.31. The minimum Gasteiger partial charge on any atom is -0.465 e. The Hall–Kier alpha value is -2.63. The molecule has 0 fully saturated rings. The second-order valence-corrected chi connectivity index (χ2v) is 8.23. The molecule has 1 aromatic carbocycles. The van der Waals surface area contributed by atoms with Crippen molar-refractivity contribution in [3.8, 4) is 0 Å². The van der Waals surface area contributed by atoms with Crippen LogP contribution in [0.1, 0.15) is 58.4 Å². The first kappa shape index (κ1) is 20.6. The molecule has 2 heterocycles. The number of carbonyl (C=O) groups excluding carboxylic acids is 2. The van der Waals surface area contributed by atoms with E-state index in [4.69, 9.17) is 9.72 Å². The smallest absolute Gasteiger partial charge is 0.320 e. The van der Waals surface area contributed by atoms with Gasteiger partial charge in [-0.3, -0.25) is 14.5 Å². The van der Waals surface area contributed by atoms with E-state index in [0.29, 0.717) is 12.5 Å². The Balaban J connectivity index is 1.86. The Labute approximate surface area is 177 Å². The van der Waals surface area contributed by atoms with Crippen LogP contribution in [0.5, 0.6) is 0 Å². The van der Waals surface area contributed by atoms with Crippen LogP contribution >= 0.6 is 0 Å². The Morgan fingerprint density at radius 3 is 2.77 bits per heavy atom. The Kier molecular flexibility index (Phi) is 6.21. The number of fused-ring (bicyclic) bond motifs is 3. The molecule has 0 spiro atoms. The number of rotatable bonds is 7. The summed E-state index contributed by atoms with van der Waals surface area (Å²) < 4.78 is 7.57. The first-order chi connectivity index (χ1) is 14.7. The van der Waals surface area contributed by atoms with E-state index >= 15 is 0 Å². The Morgan fingerprint density at radius 1 is 1.20 bits per heavy atom. The summed E-state index contributed by atoms with van der Waals surface area (Å²) in [6, 6.07) is 7.70. The highest BCUT2D eigenvalue weighted by Gasteiger charge is 2.49. The van der Waals surface area contributed by atoms with Gasteiger partial charge in [0.1, 0.15) is 0 Å². The van der Waals surface area contributed by atoms with Crippen LogP contribution in [-0.2, 0) is 14.3 Å².